The van der Waals surface area contributed by atoms with Crippen LogP contribution in [0.5, 0.6) is 0 Å². The normalized spacial score (nSPS) is 14.5. The minimum Gasteiger partial charge on any atom is -0.396 e. The van der Waals surface area contributed by atoms with Crippen LogP contribution in [0.3, 0.4) is 0 Å². The van der Waals surface area contributed by atoms with Crippen molar-refractivity contribution in [3.05, 3.63) is 71.8 Å². The SMILES string of the molecule is O=C(CCC(CCO)c1ccccc1)OP(=O)(O)Cc1ccccc1. The first-order valence-electron chi connectivity index (χ1n) is 8.24. The van der Waals surface area contributed by atoms with Crippen LogP contribution in [0.2, 0.25) is 0 Å². The molecule has 2 aromatic carbocycles. The smallest absolute Gasteiger partial charge is 0.383 e. The number of hydrogen-bond acceptors (Lipinski definition) is 4. The van der Waals surface area contributed by atoms with Gasteiger partial charge in [-0.2, -0.15) is 0 Å². The highest BCUT2D eigenvalue weighted by Gasteiger charge is 2.25. The van der Waals surface area contributed by atoms with Gasteiger partial charge in [-0.05, 0) is 29.9 Å². The number of benzene rings is 2. The van der Waals surface area contributed by atoms with Gasteiger partial charge in [-0.3, -0.25) is 4.79 Å². The summed E-state index contributed by atoms with van der Waals surface area (Å²) in [6.45, 7) is 0.0150. The zero-order valence-electron chi connectivity index (χ0n) is 14.0. The summed E-state index contributed by atoms with van der Waals surface area (Å²) < 4.78 is 16.9. The highest BCUT2D eigenvalue weighted by molar-refractivity contribution is 7.52. The van der Waals surface area contributed by atoms with Crippen LogP contribution >= 0.6 is 7.60 Å². The van der Waals surface area contributed by atoms with Gasteiger partial charge >= 0.3 is 13.6 Å². The first-order valence-corrected chi connectivity index (χ1v) is 10.0. The van der Waals surface area contributed by atoms with Gasteiger partial charge < -0.3 is 14.5 Å². The van der Waals surface area contributed by atoms with E-state index in [1.54, 1.807) is 24.3 Å². The molecule has 0 amide bonds. The fourth-order valence-electron chi connectivity index (χ4n) is 2.70. The molecule has 2 unspecified atom stereocenters. The molecule has 0 saturated heterocycles. The number of aliphatic hydroxyl groups is 1. The van der Waals surface area contributed by atoms with Crippen LogP contribution in [0, 0.1) is 0 Å². The molecular formula is C19H23O5P. The summed E-state index contributed by atoms with van der Waals surface area (Å²) in [5, 5.41) is 9.21. The Morgan fingerprint density at radius 3 is 2.20 bits per heavy atom. The number of hydrogen-bond donors (Lipinski definition) is 2. The van der Waals surface area contributed by atoms with Crippen molar-refractivity contribution in [1.29, 1.82) is 0 Å². The third-order valence-corrected chi connectivity index (χ3v) is 5.17. The molecule has 0 spiro atoms. The lowest BCUT2D eigenvalue weighted by Crippen LogP contribution is -2.08. The molecule has 0 saturated carbocycles. The molecule has 2 N–H and O–H groups in total. The van der Waals surface area contributed by atoms with E-state index in [4.69, 9.17) is 4.52 Å². The zero-order chi connectivity index (χ0) is 18.1. The summed E-state index contributed by atoms with van der Waals surface area (Å²) in [5.41, 5.74) is 1.67. The Bertz CT molecular complexity index is 702. The van der Waals surface area contributed by atoms with E-state index < -0.39 is 13.6 Å². The molecule has 0 fully saturated rings. The van der Waals surface area contributed by atoms with Gasteiger partial charge in [0.05, 0.1) is 6.16 Å². The number of rotatable bonds is 9. The quantitative estimate of drug-likeness (QED) is 0.662. The number of carbonyl (C=O) groups is 1. The molecule has 0 aromatic heterocycles. The molecule has 0 heterocycles. The predicted molar refractivity (Wildman–Crippen MR) is 96.2 cm³/mol. The van der Waals surface area contributed by atoms with Gasteiger partial charge in [0, 0.05) is 13.0 Å². The summed E-state index contributed by atoms with van der Waals surface area (Å²) in [7, 11) is -4.02. The highest BCUT2D eigenvalue weighted by atomic mass is 31.2. The van der Waals surface area contributed by atoms with E-state index in [9.17, 15) is 19.4 Å². The van der Waals surface area contributed by atoms with Crippen molar-refractivity contribution < 1.29 is 23.9 Å². The second kappa shape index (κ2) is 9.52. The summed E-state index contributed by atoms with van der Waals surface area (Å²) >= 11 is 0. The van der Waals surface area contributed by atoms with E-state index in [-0.39, 0.29) is 25.1 Å². The van der Waals surface area contributed by atoms with E-state index in [1.165, 1.54) is 0 Å². The molecule has 0 radical (unpaired) electrons. The van der Waals surface area contributed by atoms with Crippen LogP contribution in [0.25, 0.3) is 0 Å². The second-order valence-corrected chi connectivity index (χ2v) is 7.68. The maximum atomic E-state index is 12.1. The van der Waals surface area contributed by atoms with Gasteiger partial charge in [0.1, 0.15) is 0 Å². The zero-order valence-corrected chi connectivity index (χ0v) is 14.8. The molecule has 0 aliphatic carbocycles. The maximum absolute atomic E-state index is 12.1. The number of carbonyl (C=O) groups excluding carboxylic acids is 1. The third kappa shape index (κ3) is 6.83. The fraction of sp³-hybridized carbons (Fsp3) is 0.316. The van der Waals surface area contributed by atoms with Crippen molar-refractivity contribution in [3.8, 4) is 0 Å². The third-order valence-electron chi connectivity index (χ3n) is 3.92. The molecule has 5 nitrogen and oxygen atoms in total. The van der Waals surface area contributed by atoms with Crippen LogP contribution in [0.15, 0.2) is 60.7 Å². The Labute approximate surface area is 147 Å². The van der Waals surface area contributed by atoms with Crippen LogP contribution in [-0.4, -0.2) is 22.6 Å². The first kappa shape index (κ1) is 19.4. The molecule has 0 aliphatic rings. The first-order chi connectivity index (χ1) is 12.0. The van der Waals surface area contributed by atoms with Crippen molar-refractivity contribution in [2.24, 2.45) is 0 Å². The van der Waals surface area contributed by atoms with Crippen molar-refractivity contribution in [2.75, 3.05) is 6.61 Å². The van der Waals surface area contributed by atoms with Gasteiger partial charge in [0.15, 0.2) is 0 Å². The molecule has 0 aliphatic heterocycles. The van der Waals surface area contributed by atoms with Gasteiger partial charge in [-0.25, -0.2) is 4.57 Å². The highest BCUT2D eigenvalue weighted by Crippen LogP contribution is 2.46. The van der Waals surface area contributed by atoms with E-state index in [0.29, 0.717) is 18.4 Å². The topological polar surface area (TPSA) is 83.8 Å². The molecule has 25 heavy (non-hydrogen) atoms. The molecule has 6 heteroatoms. The Morgan fingerprint density at radius 1 is 1.00 bits per heavy atom. The van der Waals surface area contributed by atoms with Gasteiger partial charge in [-0.15, -0.1) is 0 Å². The van der Waals surface area contributed by atoms with Gasteiger partial charge in [-0.1, -0.05) is 60.7 Å². The van der Waals surface area contributed by atoms with E-state index >= 15 is 0 Å². The Balaban J connectivity index is 1.89. The summed E-state index contributed by atoms with van der Waals surface area (Å²) in [6, 6.07) is 18.3. The van der Waals surface area contributed by atoms with Crippen molar-refractivity contribution in [3.63, 3.8) is 0 Å². The average molecular weight is 362 g/mol. The van der Waals surface area contributed by atoms with E-state index in [0.717, 1.165) is 5.56 Å². The lowest BCUT2D eigenvalue weighted by Gasteiger charge is -2.17. The van der Waals surface area contributed by atoms with Crippen molar-refractivity contribution in [2.45, 2.75) is 31.3 Å². The fourth-order valence-corrected chi connectivity index (χ4v) is 3.85. The van der Waals surface area contributed by atoms with Crippen LogP contribution < -0.4 is 0 Å². The average Bonchev–Trinajstić information content (AvgIpc) is 2.59. The molecule has 2 aromatic rings. The van der Waals surface area contributed by atoms with Crippen LogP contribution in [0.1, 0.15) is 36.3 Å². The number of aliphatic hydroxyl groups excluding tert-OH is 1. The van der Waals surface area contributed by atoms with Crippen LogP contribution in [0.4, 0.5) is 0 Å². The summed E-state index contributed by atoms with van der Waals surface area (Å²) in [4.78, 5) is 21.9. The Morgan fingerprint density at radius 2 is 1.60 bits per heavy atom. The largest absolute Gasteiger partial charge is 0.396 e. The van der Waals surface area contributed by atoms with Crippen molar-refractivity contribution >= 4 is 13.6 Å². The van der Waals surface area contributed by atoms with Gasteiger partial charge in [0.25, 0.3) is 0 Å². The van der Waals surface area contributed by atoms with Crippen LogP contribution in [-0.2, 0) is 20.0 Å². The molecule has 2 rings (SSSR count). The minimum atomic E-state index is -4.02. The summed E-state index contributed by atoms with van der Waals surface area (Å²) in [6.07, 6.45) is 0.810. The molecule has 0 bridgehead atoms. The molecule has 134 valence electrons. The predicted octanol–water partition coefficient (Wildman–Crippen LogP) is 3.86. The molecule has 2 atom stereocenters. The maximum Gasteiger partial charge on any atom is 0.383 e. The van der Waals surface area contributed by atoms with E-state index in [1.807, 2.05) is 36.4 Å². The van der Waals surface area contributed by atoms with Crippen molar-refractivity contribution in [1.82, 2.24) is 0 Å². The minimum absolute atomic E-state index is 0.00551. The van der Waals surface area contributed by atoms with Gasteiger partial charge in [0.2, 0.25) is 0 Å². The monoisotopic (exact) mass is 362 g/mol. The lowest BCUT2D eigenvalue weighted by molar-refractivity contribution is -0.135. The lowest BCUT2D eigenvalue weighted by atomic mass is 9.91. The molecular weight excluding hydrogens is 339 g/mol. The standard InChI is InChI=1S/C19H23O5P/c20-14-13-18(17-9-5-2-6-10-17)11-12-19(21)24-25(22,23)15-16-7-3-1-4-8-16/h1-10,18,20H,11-15H2,(H,22,23). The summed E-state index contributed by atoms with van der Waals surface area (Å²) in [5.74, 6) is -0.688. The van der Waals surface area contributed by atoms with E-state index in [2.05, 4.69) is 0 Å². The second-order valence-electron chi connectivity index (χ2n) is 5.90. The Hall–Kier alpha value is -1.94. The Kier molecular flexibility index (Phi) is 7.38.